The summed E-state index contributed by atoms with van der Waals surface area (Å²) < 4.78 is 39.6. The first kappa shape index (κ1) is 22.1. The second-order valence-corrected chi connectivity index (χ2v) is 7.74. The summed E-state index contributed by atoms with van der Waals surface area (Å²) in [5.41, 5.74) is 2.16. The fourth-order valence-electron chi connectivity index (χ4n) is 3.43. The Morgan fingerprint density at radius 2 is 1.85 bits per heavy atom. The Hall–Kier alpha value is -4.13. The van der Waals surface area contributed by atoms with Crippen molar-refractivity contribution in [2.45, 2.75) is 19.1 Å². The van der Waals surface area contributed by atoms with E-state index in [1.54, 1.807) is 0 Å². The summed E-state index contributed by atoms with van der Waals surface area (Å²) in [7, 11) is 3.92. The molecule has 3 heterocycles. The van der Waals surface area contributed by atoms with Crippen LogP contribution in [0.3, 0.4) is 0 Å². The Morgan fingerprint density at radius 3 is 2.48 bits per heavy atom. The third kappa shape index (κ3) is 4.43. The molecule has 0 aliphatic rings. The molecule has 7 nitrogen and oxygen atoms in total. The lowest BCUT2D eigenvalue weighted by molar-refractivity contribution is -0.137. The summed E-state index contributed by atoms with van der Waals surface area (Å²) in [4.78, 5) is 17.4. The summed E-state index contributed by atoms with van der Waals surface area (Å²) in [6.07, 6.45) is -0.922. The van der Waals surface area contributed by atoms with E-state index in [9.17, 15) is 18.4 Å². The highest BCUT2D eigenvalue weighted by Gasteiger charge is 2.31. The number of pyridine rings is 1. The van der Waals surface area contributed by atoms with Gasteiger partial charge in [-0.3, -0.25) is 0 Å². The molecule has 0 bridgehead atoms. The van der Waals surface area contributed by atoms with E-state index in [1.165, 1.54) is 12.4 Å². The van der Waals surface area contributed by atoms with Gasteiger partial charge in [-0.25, -0.2) is 15.0 Å². The molecule has 4 aromatic rings. The topological polar surface area (TPSA) is 93.5 Å². The van der Waals surface area contributed by atoms with E-state index < -0.39 is 11.7 Å². The van der Waals surface area contributed by atoms with Crippen LogP contribution in [-0.2, 0) is 6.18 Å². The van der Waals surface area contributed by atoms with Gasteiger partial charge >= 0.3 is 6.18 Å². The van der Waals surface area contributed by atoms with Crippen LogP contribution in [0.1, 0.15) is 29.7 Å². The number of aromatic amines is 1. The quantitative estimate of drug-likeness (QED) is 0.436. The highest BCUT2D eigenvalue weighted by Crippen LogP contribution is 2.35. The van der Waals surface area contributed by atoms with Crippen molar-refractivity contribution in [2.75, 3.05) is 24.3 Å². The lowest BCUT2D eigenvalue weighted by Crippen LogP contribution is -2.11. The second-order valence-electron chi connectivity index (χ2n) is 7.74. The van der Waals surface area contributed by atoms with Crippen LogP contribution in [0.4, 0.5) is 24.8 Å². The van der Waals surface area contributed by atoms with Gasteiger partial charge in [0.1, 0.15) is 11.7 Å². The number of rotatable bonds is 5. The largest absolute Gasteiger partial charge is 0.417 e. The van der Waals surface area contributed by atoms with E-state index in [-0.39, 0.29) is 34.3 Å². The molecular weight excluding hydrogens is 431 g/mol. The number of nitrogens with one attached hydrogen (secondary N) is 2. The molecule has 2 N–H and O–H groups in total. The van der Waals surface area contributed by atoms with Gasteiger partial charge in [-0.15, -0.1) is 0 Å². The summed E-state index contributed by atoms with van der Waals surface area (Å²) in [5.74, 6) is 0.252. The zero-order valence-corrected chi connectivity index (χ0v) is 18.1. The Balaban J connectivity index is 1.70. The molecule has 1 unspecified atom stereocenters. The minimum atomic E-state index is -4.54. The molecule has 0 saturated heterocycles. The van der Waals surface area contributed by atoms with Crippen LogP contribution >= 0.6 is 0 Å². The van der Waals surface area contributed by atoms with Crippen LogP contribution in [0.2, 0.25) is 0 Å². The van der Waals surface area contributed by atoms with Gasteiger partial charge in [0.05, 0.1) is 29.1 Å². The molecule has 0 fully saturated rings. The molecule has 10 heteroatoms. The lowest BCUT2D eigenvalue weighted by atomic mass is 10.1. The van der Waals surface area contributed by atoms with Crippen LogP contribution in [-0.4, -0.2) is 34.0 Å². The molecule has 0 radical (unpaired) electrons. The first-order valence-corrected chi connectivity index (χ1v) is 10.0. The Morgan fingerprint density at radius 1 is 1.12 bits per heavy atom. The summed E-state index contributed by atoms with van der Waals surface area (Å²) in [6.45, 7) is 1.94. The minimum absolute atomic E-state index is 0.141. The van der Waals surface area contributed by atoms with Gasteiger partial charge in [0.15, 0.2) is 0 Å². The summed E-state index contributed by atoms with van der Waals surface area (Å²) in [6, 6.07) is 10.8. The number of H-pyrrole nitrogens is 1. The highest BCUT2D eigenvalue weighted by atomic mass is 19.4. The molecular formula is C23H20F3N7. The predicted octanol–water partition coefficient (Wildman–Crippen LogP) is 5.15. The molecule has 168 valence electrons. The van der Waals surface area contributed by atoms with Crippen molar-refractivity contribution < 1.29 is 13.2 Å². The SMILES string of the molecule is CC(Nc1ncc(C#N)c(-c2c[nH]c3ncc(C(F)(F)F)cc23)n1)c1ccc(N(C)C)cc1. The van der Waals surface area contributed by atoms with Crippen LogP contribution in [0, 0.1) is 11.3 Å². The summed E-state index contributed by atoms with van der Waals surface area (Å²) in [5, 5.41) is 12.9. The molecule has 0 spiro atoms. The third-order valence-corrected chi connectivity index (χ3v) is 5.28. The zero-order valence-electron chi connectivity index (χ0n) is 18.1. The first-order chi connectivity index (χ1) is 15.7. The monoisotopic (exact) mass is 451 g/mol. The molecule has 3 aromatic heterocycles. The van der Waals surface area contributed by atoms with Crippen molar-refractivity contribution >= 4 is 22.7 Å². The maximum atomic E-state index is 13.2. The van der Waals surface area contributed by atoms with E-state index in [1.807, 2.05) is 56.3 Å². The number of fused-ring (bicyclic) bond motifs is 1. The van der Waals surface area contributed by atoms with Crippen molar-refractivity contribution in [3.05, 3.63) is 65.6 Å². The average molecular weight is 451 g/mol. The van der Waals surface area contributed by atoms with Gasteiger partial charge in [-0.1, -0.05) is 12.1 Å². The smallest absolute Gasteiger partial charge is 0.378 e. The van der Waals surface area contributed by atoms with E-state index in [2.05, 4.69) is 25.3 Å². The number of halogens is 3. The van der Waals surface area contributed by atoms with Crippen molar-refractivity contribution in [1.82, 2.24) is 19.9 Å². The Bertz CT molecular complexity index is 1340. The number of benzene rings is 1. The number of anilines is 2. The standard InChI is InChI=1S/C23H20F3N7/c1-13(14-4-6-17(7-5-14)33(2)3)31-22-30-10-15(9-27)20(32-22)19-12-29-21-18(19)8-16(11-28-21)23(24,25)26/h4-8,10-13H,1-3H3,(H,28,29)(H,30,31,32). The Kier molecular flexibility index (Phi) is 5.64. The molecule has 0 aliphatic heterocycles. The minimum Gasteiger partial charge on any atom is -0.378 e. The van der Waals surface area contributed by atoms with Crippen LogP contribution in [0.25, 0.3) is 22.3 Å². The maximum Gasteiger partial charge on any atom is 0.417 e. The number of hydrogen-bond acceptors (Lipinski definition) is 6. The van der Waals surface area contributed by atoms with Crippen molar-refractivity contribution in [3.8, 4) is 17.3 Å². The lowest BCUT2D eigenvalue weighted by Gasteiger charge is -2.17. The van der Waals surface area contributed by atoms with Gasteiger partial charge in [-0.05, 0) is 30.7 Å². The number of hydrogen-bond donors (Lipinski definition) is 2. The van der Waals surface area contributed by atoms with Gasteiger partial charge < -0.3 is 15.2 Å². The molecule has 1 aromatic carbocycles. The molecule has 1 atom stereocenters. The number of aromatic nitrogens is 4. The van der Waals surface area contributed by atoms with Crippen molar-refractivity contribution in [2.24, 2.45) is 0 Å². The Labute approximate surface area is 187 Å². The molecule has 0 saturated carbocycles. The molecule has 4 rings (SSSR count). The number of nitriles is 1. The van der Waals surface area contributed by atoms with Gasteiger partial charge in [-0.2, -0.15) is 18.4 Å². The van der Waals surface area contributed by atoms with E-state index >= 15 is 0 Å². The van der Waals surface area contributed by atoms with Crippen molar-refractivity contribution in [3.63, 3.8) is 0 Å². The van der Waals surface area contributed by atoms with Crippen LogP contribution in [0.15, 0.2) is 48.9 Å². The fraction of sp³-hybridized carbons (Fsp3) is 0.217. The highest BCUT2D eigenvalue weighted by molar-refractivity contribution is 5.94. The van der Waals surface area contributed by atoms with Crippen LogP contribution < -0.4 is 10.2 Å². The summed E-state index contributed by atoms with van der Waals surface area (Å²) >= 11 is 0. The number of nitrogens with zero attached hydrogens (tertiary/aromatic N) is 5. The molecule has 0 amide bonds. The first-order valence-electron chi connectivity index (χ1n) is 10.0. The van der Waals surface area contributed by atoms with Crippen molar-refractivity contribution in [1.29, 1.82) is 5.26 Å². The normalized spacial score (nSPS) is 12.4. The third-order valence-electron chi connectivity index (χ3n) is 5.28. The van der Waals surface area contributed by atoms with E-state index in [0.29, 0.717) is 5.56 Å². The van der Waals surface area contributed by atoms with Gasteiger partial charge in [0, 0.05) is 43.1 Å². The second kappa shape index (κ2) is 8.43. The van der Waals surface area contributed by atoms with Gasteiger partial charge in [0.25, 0.3) is 0 Å². The van der Waals surface area contributed by atoms with Crippen LogP contribution in [0.5, 0.6) is 0 Å². The fourth-order valence-corrected chi connectivity index (χ4v) is 3.43. The van der Waals surface area contributed by atoms with E-state index in [0.717, 1.165) is 23.5 Å². The zero-order chi connectivity index (χ0) is 23.8. The number of alkyl halides is 3. The molecule has 0 aliphatic carbocycles. The molecule has 33 heavy (non-hydrogen) atoms. The van der Waals surface area contributed by atoms with Gasteiger partial charge in [0.2, 0.25) is 5.95 Å². The maximum absolute atomic E-state index is 13.2. The predicted molar refractivity (Wildman–Crippen MR) is 120 cm³/mol. The van der Waals surface area contributed by atoms with E-state index in [4.69, 9.17) is 0 Å². The average Bonchev–Trinajstić information content (AvgIpc) is 3.21.